The van der Waals surface area contributed by atoms with E-state index < -0.39 is 16.8 Å². The number of hydrogen-bond acceptors (Lipinski definition) is 7. The van der Waals surface area contributed by atoms with E-state index in [1.807, 2.05) is 31.2 Å². The van der Waals surface area contributed by atoms with Crippen LogP contribution in [0.25, 0.3) is 0 Å². The number of rotatable bonds is 8. The summed E-state index contributed by atoms with van der Waals surface area (Å²) in [5.41, 5.74) is 3.54. The molecule has 1 aliphatic carbocycles. The van der Waals surface area contributed by atoms with Gasteiger partial charge in [0.05, 0.1) is 10.5 Å². The molecule has 2 aliphatic rings. The van der Waals surface area contributed by atoms with Gasteiger partial charge in [-0.05, 0) is 48.3 Å². The average molecular weight is 527 g/mol. The van der Waals surface area contributed by atoms with Crippen LogP contribution < -0.4 is 5.32 Å². The lowest BCUT2D eigenvalue weighted by atomic mass is 9.71. The van der Waals surface area contributed by atoms with Crippen LogP contribution in [0.2, 0.25) is 5.02 Å². The molecule has 9 heteroatoms. The van der Waals surface area contributed by atoms with Crippen molar-refractivity contribution in [2.45, 2.75) is 38.5 Å². The number of ether oxygens (including phenoxy) is 1. The van der Waals surface area contributed by atoms with Crippen LogP contribution in [0.3, 0.4) is 0 Å². The summed E-state index contributed by atoms with van der Waals surface area (Å²) in [6.45, 7) is 4.05. The second-order valence-corrected chi connectivity index (χ2v) is 10.6. The Morgan fingerprint density at radius 2 is 1.94 bits per heavy atom. The van der Waals surface area contributed by atoms with Crippen LogP contribution in [0.15, 0.2) is 71.1 Å². The first kappa shape index (κ1) is 26.0. The maximum absolute atomic E-state index is 13.6. The molecule has 1 heterocycles. The number of allylic oxidation sites excluding steroid dienone is 3. The highest BCUT2D eigenvalue weighted by molar-refractivity contribution is 7.99. The number of thioether (sulfide) groups is 1. The smallest absolute Gasteiger partial charge is 0.336 e. The average Bonchev–Trinajstić information content (AvgIpc) is 2.86. The van der Waals surface area contributed by atoms with Crippen molar-refractivity contribution in [1.82, 2.24) is 5.32 Å². The first-order chi connectivity index (χ1) is 17.3. The highest BCUT2D eigenvalue weighted by Crippen LogP contribution is 2.46. The number of benzene rings is 2. The number of Topliss-reactive ketones (excluding diaryl/α,β-unsaturated/α-hetero) is 1. The number of halogens is 1. The Morgan fingerprint density at radius 1 is 1.19 bits per heavy atom. The molecule has 2 aromatic carbocycles. The van der Waals surface area contributed by atoms with Gasteiger partial charge in [0.25, 0.3) is 5.69 Å². The van der Waals surface area contributed by atoms with E-state index in [1.54, 1.807) is 30.8 Å². The maximum Gasteiger partial charge on any atom is 0.336 e. The van der Waals surface area contributed by atoms with Gasteiger partial charge < -0.3 is 10.1 Å². The van der Waals surface area contributed by atoms with Crippen molar-refractivity contribution in [3.05, 3.63) is 97.3 Å². The number of nitro benzene ring substituents is 1. The Morgan fingerprint density at radius 3 is 2.64 bits per heavy atom. The number of esters is 1. The van der Waals surface area contributed by atoms with E-state index >= 15 is 0 Å². The van der Waals surface area contributed by atoms with Crippen molar-refractivity contribution in [2.75, 3.05) is 18.1 Å². The normalized spacial score (nSPS) is 19.6. The summed E-state index contributed by atoms with van der Waals surface area (Å²) in [5.74, 6) is 0.174. The van der Waals surface area contributed by atoms with E-state index in [0.717, 1.165) is 17.0 Å². The Balaban J connectivity index is 1.74. The highest BCUT2D eigenvalue weighted by atomic mass is 35.5. The summed E-state index contributed by atoms with van der Waals surface area (Å²) < 4.78 is 5.56. The van der Waals surface area contributed by atoms with Gasteiger partial charge in [-0.15, -0.1) is 0 Å². The summed E-state index contributed by atoms with van der Waals surface area (Å²) in [7, 11) is 0. The van der Waals surface area contributed by atoms with Crippen LogP contribution in [0.1, 0.15) is 49.7 Å². The molecule has 0 saturated carbocycles. The van der Waals surface area contributed by atoms with Crippen LogP contribution in [0, 0.1) is 10.1 Å². The van der Waals surface area contributed by atoms with Crippen molar-refractivity contribution < 1.29 is 19.2 Å². The lowest BCUT2D eigenvalue weighted by molar-refractivity contribution is -0.384. The molecule has 7 nitrogen and oxygen atoms in total. The first-order valence-electron chi connectivity index (χ1n) is 11.8. The lowest BCUT2D eigenvalue weighted by Gasteiger charge is -2.36. The zero-order valence-corrected chi connectivity index (χ0v) is 21.7. The minimum absolute atomic E-state index is 0.0425. The monoisotopic (exact) mass is 526 g/mol. The largest absolute Gasteiger partial charge is 0.461 e. The van der Waals surface area contributed by atoms with Crippen LogP contribution in [0.4, 0.5) is 5.69 Å². The van der Waals surface area contributed by atoms with Gasteiger partial charge in [0.1, 0.15) is 6.61 Å². The molecular weight excluding hydrogens is 500 g/mol. The standard InChI is InChI=1S/C27H27ClN2O5S/c1-3-36-12-11-35-27(32)24-16(2)29-22-14-19(17-7-9-20(28)10-8-17)15-23(31)26(22)25(24)18-5-4-6-21(13-18)30(33)34/h4-10,13,19,25,29H,3,11-12,14-15H2,1-2H3/t19-,25-/m1/s1. The molecule has 1 aliphatic heterocycles. The van der Waals surface area contributed by atoms with Crippen LogP contribution in [0.5, 0.6) is 0 Å². The Kier molecular flexibility index (Phi) is 8.16. The zero-order chi connectivity index (χ0) is 25.8. The van der Waals surface area contributed by atoms with Crippen LogP contribution >= 0.6 is 23.4 Å². The van der Waals surface area contributed by atoms with Crippen molar-refractivity contribution >= 4 is 40.8 Å². The fourth-order valence-electron chi connectivity index (χ4n) is 4.85. The first-order valence-corrected chi connectivity index (χ1v) is 13.3. The van der Waals surface area contributed by atoms with Crippen molar-refractivity contribution in [1.29, 1.82) is 0 Å². The van der Waals surface area contributed by atoms with E-state index in [-0.39, 0.29) is 30.4 Å². The Labute approximate surface area is 219 Å². The second-order valence-electron chi connectivity index (χ2n) is 8.75. The van der Waals surface area contributed by atoms with Crippen molar-refractivity contribution in [3.8, 4) is 0 Å². The molecule has 0 bridgehead atoms. The quantitative estimate of drug-likeness (QED) is 0.198. The molecule has 2 atom stereocenters. The van der Waals surface area contributed by atoms with E-state index in [0.29, 0.717) is 39.6 Å². The van der Waals surface area contributed by atoms with Crippen molar-refractivity contribution in [3.63, 3.8) is 0 Å². The van der Waals surface area contributed by atoms with Gasteiger partial charge >= 0.3 is 5.97 Å². The Hall–Kier alpha value is -3.10. The summed E-state index contributed by atoms with van der Waals surface area (Å²) in [4.78, 5) is 37.9. The number of hydrogen-bond donors (Lipinski definition) is 1. The van der Waals surface area contributed by atoms with Gasteiger partial charge in [0, 0.05) is 52.2 Å². The second kappa shape index (κ2) is 11.3. The number of carbonyl (C=O) groups is 2. The minimum atomic E-state index is -0.744. The summed E-state index contributed by atoms with van der Waals surface area (Å²) >= 11 is 7.70. The van der Waals surface area contributed by atoms with Crippen LogP contribution in [-0.2, 0) is 14.3 Å². The lowest BCUT2D eigenvalue weighted by Crippen LogP contribution is -2.36. The SMILES string of the molecule is CCSCCOC(=O)C1=C(C)NC2=C(C(=O)C[C@H](c3ccc(Cl)cc3)C2)[C@@H]1c1cccc([N+](=O)[O-])c1. The molecule has 188 valence electrons. The fraction of sp³-hybridized carbons (Fsp3) is 0.333. The molecule has 4 rings (SSSR count). The molecular formula is C27H27ClN2O5S. The number of non-ortho nitro benzene ring substituents is 1. The molecule has 0 radical (unpaired) electrons. The minimum Gasteiger partial charge on any atom is -0.461 e. The molecule has 0 saturated heterocycles. The van der Waals surface area contributed by atoms with Gasteiger partial charge in [0.15, 0.2) is 5.78 Å². The van der Waals surface area contributed by atoms with Gasteiger partial charge in [-0.25, -0.2) is 4.79 Å². The third-order valence-electron chi connectivity index (χ3n) is 6.47. The molecule has 0 fully saturated rings. The number of nitrogens with one attached hydrogen (secondary N) is 1. The maximum atomic E-state index is 13.6. The van der Waals surface area contributed by atoms with Gasteiger partial charge in [-0.3, -0.25) is 14.9 Å². The zero-order valence-electron chi connectivity index (χ0n) is 20.1. The number of carbonyl (C=O) groups excluding carboxylic acids is 2. The third-order valence-corrected chi connectivity index (χ3v) is 7.58. The number of nitrogens with zero attached hydrogens (tertiary/aromatic N) is 1. The van der Waals surface area contributed by atoms with Crippen LogP contribution in [-0.4, -0.2) is 34.8 Å². The Bertz CT molecular complexity index is 1260. The molecule has 2 aromatic rings. The fourth-order valence-corrected chi connectivity index (χ4v) is 5.46. The number of ketones is 1. The van der Waals surface area contributed by atoms with E-state index in [4.69, 9.17) is 16.3 Å². The molecule has 1 N–H and O–H groups in total. The highest BCUT2D eigenvalue weighted by Gasteiger charge is 2.41. The summed E-state index contributed by atoms with van der Waals surface area (Å²) in [6.07, 6.45) is 0.836. The number of nitro groups is 1. The topological polar surface area (TPSA) is 98.5 Å². The predicted octanol–water partition coefficient (Wildman–Crippen LogP) is 5.91. The third kappa shape index (κ3) is 5.50. The van der Waals surface area contributed by atoms with Gasteiger partial charge in [0.2, 0.25) is 0 Å². The molecule has 0 spiro atoms. The predicted molar refractivity (Wildman–Crippen MR) is 141 cm³/mol. The number of dihydropyridines is 1. The van der Waals surface area contributed by atoms with Crippen molar-refractivity contribution in [2.24, 2.45) is 0 Å². The van der Waals surface area contributed by atoms with E-state index in [2.05, 4.69) is 5.32 Å². The summed E-state index contributed by atoms with van der Waals surface area (Å²) in [5, 5.41) is 15.4. The van der Waals surface area contributed by atoms with E-state index in [1.165, 1.54) is 12.1 Å². The van der Waals surface area contributed by atoms with E-state index in [9.17, 15) is 19.7 Å². The molecule has 0 unspecified atom stereocenters. The molecule has 0 aromatic heterocycles. The van der Waals surface area contributed by atoms with Gasteiger partial charge in [-0.2, -0.15) is 11.8 Å². The molecule has 0 amide bonds. The summed E-state index contributed by atoms with van der Waals surface area (Å²) in [6, 6.07) is 13.6. The molecule has 36 heavy (non-hydrogen) atoms. The van der Waals surface area contributed by atoms with Gasteiger partial charge in [-0.1, -0.05) is 42.8 Å².